The van der Waals surface area contributed by atoms with Crippen molar-refractivity contribution in [3.8, 4) is 0 Å². The molecule has 152 valence electrons. The summed E-state index contributed by atoms with van der Waals surface area (Å²) in [4.78, 5) is 26.2. The molecule has 0 N–H and O–H groups in total. The van der Waals surface area contributed by atoms with E-state index in [1.807, 2.05) is 25.1 Å². The summed E-state index contributed by atoms with van der Waals surface area (Å²) in [5.41, 5.74) is 5.25. The predicted molar refractivity (Wildman–Crippen MR) is 117 cm³/mol. The van der Waals surface area contributed by atoms with Crippen molar-refractivity contribution in [1.82, 2.24) is 0 Å². The van der Waals surface area contributed by atoms with Gasteiger partial charge in [0.2, 0.25) is 0 Å². The molecule has 0 fully saturated rings. The summed E-state index contributed by atoms with van der Waals surface area (Å²) >= 11 is 6.88. The Labute approximate surface area is 183 Å². The molecular weight excluding hydrogens is 488 g/mol. The van der Waals surface area contributed by atoms with Crippen LogP contribution in [0.1, 0.15) is 43.0 Å². The molecule has 0 saturated carbocycles. The van der Waals surface area contributed by atoms with Crippen LogP contribution in [0, 0.1) is 19.3 Å². The Kier molecular flexibility index (Phi) is 12.6. The van der Waals surface area contributed by atoms with Gasteiger partial charge in [-0.2, -0.15) is 9.59 Å². The second kappa shape index (κ2) is 13.4. The van der Waals surface area contributed by atoms with Gasteiger partial charge in [-0.25, -0.2) is 0 Å². The van der Waals surface area contributed by atoms with Crippen LogP contribution in [0.4, 0.5) is 0 Å². The van der Waals surface area contributed by atoms with Crippen molar-refractivity contribution in [2.24, 2.45) is 5.41 Å². The lowest BCUT2D eigenvalue weighted by atomic mass is 9.88. The van der Waals surface area contributed by atoms with Crippen molar-refractivity contribution in [2.45, 2.75) is 47.6 Å². The molecule has 0 aliphatic heterocycles. The molecule has 0 aromatic heterocycles. The highest BCUT2D eigenvalue weighted by Gasteiger charge is 2.11. The molecule has 0 aliphatic rings. The van der Waals surface area contributed by atoms with Gasteiger partial charge in [-0.05, 0) is 72.2 Å². The van der Waals surface area contributed by atoms with Crippen molar-refractivity contribution >= 4 is 44.5 Å². The largest absolute Gasteiger partial charge is 0.463 e. The summed E-state index contributed by atoms with van der Waals surface area (Å²) in [5, 5.41) is 0. The molecule has 0 bridgehead atoms. The summed E-state index contributed by atoms with van der Waals surface area (Å²) in [7, 11) is 0. The van der Waals surface area contributed by atoms with Crippen molar-refractivity contribution in [3.05, 3.63) is 67.6 Å². The number of carbonyl (C=O) groups excluding carboxylic acids is 3. The monoisotopic (exact) mass is 512 g/mol. The minimum Gasteiger partial charge on any atom is -0.463 e. The molecule has 0 saturated heterocycles. The molecule has 2 rings (SSSR count). The first-order chi connectivity index (χ1) is 13.0. The van der Waals surface area contributed by atoms with Gasteiger partial charge in [0, 0.05) is 8.95 Å². The Morgan fingerprint density at radius 2 is 1.32 bits per heavy atom. The second-order valence-corrected chi connectivity index (χ2v) is 9.33. The summed E-state index contributed by atoms with van der Waals surface area (Å²) in [6, 6.07) is 12.5. The zero-order chi connectivity index (χ0) is 21.7. The maximum absolute atomic E-state index is 9.91. The molecule has 2 aromatic carbocycles. The number of halogens is 2. The van der Waals surface area contributed by atoms with Gasteiger partial charge in [0.1, 0.15) is 6.61 Å². The smallest absolute Gasteiger partial charge is 0.373 e. The van der Waals surface area contributed by atoms with Crippen LogP contribution in [0.2, 0.25) is 0 Å². The van der Waals surface area contributed by atoms with Gasteiger partial charge in [0.05, 0.1) is 0 Å². The first-order valence-electron chi connectivity index (χ1n) is 8.57. The molecule has 0 unspecified atom stereocenters. The van der Waals surface area contributed by atoms with Crippen LogP contribution in [-0.2, 0) is 32.1 Å². The van der Waals surface area contributed by atoms with Crippen molar-refractivity contribution < 1.29 is 19.1 Å². The minimum atomic E-state index is 0.250. The van der Waals surface area contributed by atoms with Crippen LogP contribution in [-0.4, -0.2) is 12.6 Å². The van der Waals surface area contributed by atoms with Crippen molar-refractivity contribution in [3.63, 3.8) is 0 Å². The van der Waals surface area contributed by atoms with E-state index in [9.17, 15) is 4.79 Å². The lowest BCUT2D eigenvalue weighted by Crippen LogP contribution is -2.09. The topological polar surface area (TPSA) is 60.4 Å². The molecule has 0 aliphatic carbocycles. The maximum Gasteiger partial charge on any atom is 0.373 e. The average molecular weight is 514 g/mol. The van der Waals surface area contributed by atoms with E-state index >= 15 is 0 Å². The van der Waals surface area contributed by atoms with E-state index in [0.29, 0.717) is 18.5 Å². The molecule has 6 heteroatoms. The number of hydrogen-bond donors (Lipinski definition) is 0. The molecular formula is C22H26Br2O4. The lowest BCUT2D eigenvalue weighted by molar-refractivity contribution is -0.191. The summed E-state index contributed by atoms with van der Waals surface area (Å²) < 4.78 is 6.82. The van der Waals surface area contributed by atoms with Crippen LogP contribution in [0.15, 0.2) is 45.3 Å². The molecule has 0 radical (unpaired) electrons. The minimum absolute atomic E-state index is 0.250. The summed E-state index contributed by atoms with van der Waals surface area (Å²) in [6.45, 7) is 11.7. The van der Waals surface area contributed by atoms with E-state index < -0.39 is 0 Å². The summed E-state index contributed by atoms with van der Waals surface area (Å²) in [6.07, 6.45) is 1.38. The molecule has 0 amide bonds. The van der Waals surface area contributed by atoms with Crippen LogP contribution in [0.25, 0.3) is 0 Å². The van der Waals surface area contributed by atoms with Gasteiger partial charge < -0.3 is 4.74 Å². The molecule has 2 aromatic rings. The Hall–Kier alpha value is -1.75. The number of rotatable bonds is 4. The Bertz CT molecular complexity index is 749. The highest BCUT2D eigenvalue weighted by Crippen LogP contribution is 2.23. The summed E-state index contributed by atoms with van der Waals surface area (Å²) in [5.74, 6) is 0. The number of hydrogen-bond acceptors (Lipinski definition) is 4. The number of aryl methyl sites for hydroxylation is 2. The van der Waals surface area contributed by atoms with E-state index in [1.165, 1.54) is 15.6 Å². The van der Waals surface area contributed by atoms with Crippen LogP contribution in [0.5, 0.6) is 0 Å². The second-order valence-electron chi connectivity index (χ2n) is 7.50. The number of carbonyl (C=O) groups is 1. The molecule has 0 spiro atoms. The maximum atomic E-state index is 9.91. The van der Waals surface area contributed by atoms with E-state index in [2.05, 4.69) is 82.5 Å². The fraction of sp³-hybridized carbons (Fsp3) is 0.364. The third-order valence-electron chi connectivity index (χ3n) is 3.26. The van der Waals surface area contributed by atoms with Crippen molar-refractivity contribution in [1.29, 1.82) is 0 Å². The third-order valence-corrected chi connectivity index (χ3v) is 4.17. The predicted octanol–water partition coefficient (Wildman–Crippen LogP) is 6.19. The first kappa shape index (κ1) is 26.2. The van der Waals surface area contributed by atoms with Crippen molar-refractivity contribution in [2.75, 3.05) is 0 Å². The number of benzene rings is 2. The highest BCUT2D eigenvalue weighted by molar-refractivity contribution is 9.10. The third kappa shape index (κ3) is 13.4. The van der Waals surface area contributed by atoms with E-state index in [0.717, 1.165) is 22.0 Å². The molecule has 4 nitrogen and oxygen atoms in total. The van der Waals surface area contributed by atoms with Gasteiger partial charge in [-0.1, -0.05) is 64.8 Å². The van der Waals surface area contributed by atoms with Gasteiger partial charge in [0.15, 0.2) is 0 Å². The van der Waals surface area contributed by atoms with E-state index in [4.69, 9.17) is 9.59 Å². The van der Waals surface area contributed by atoms with Gasteiger partial charge in [-0.3, -0.25) is 4.79 Å². The highest BCUT2D eigenvalue weighted by atomic mass is 79.9. The standard InChI is InChI=1S/C12H17Br.C9H9BrO2.CO2/c1-9-5-10(7-11(13)6-9)8-12(2,3)4;1-7-2-8(5-12-6-11)4-9(10)3-7;2-1-3/h5-7H,8H2,1-4H3;2-4,6H,5H2,1H3;. The molecule has 0 atom stereocenters. The van der Waals surface area contributed by atoms with E-state index in [-0.39, 0.29) is 6.15 Å². The zero-order valence-electron chi connectivity index (χ0n) is 16.8. The lowest BCUT2D eigenvalue weighted by Gasteiger charge is -2.18. The van der Waals surface area contributed by atoms with Gasteiger partial charge in [0.25, 0.3) is 6.47 Å². The molecule has 28 heavy (non-hydrogen) atoms. The fourth-order valence-corrected chi connectivity index (χ4v) is 3.86. The average Bonchev–Trinajstić information content (AvgIpc) is 2.50. The van der Waals surface area contributed by atoms with Crippen LogP contribution in [0.3, 0.4) is 0 Å². The normalized spacial score (nSPS) is 9.82. The SMILES string of the molecule is Cc1cc(Br)cc(CC(C)(C)C)c1.Cc1cc(Br)cc(COC=O)c1.O=C=O. The van der Waals surface area contributed by atoms with Crippen LogP contribution < -0.4 is 0 Å². The van der Waals surface area contributed by atoms with E-state index in [1.54, 1.807) is 0 Å². The Balaban J connectivity index is 0.000000458. The quantitative estimate of drug-likeness (QED) is 0.457. The molecule has 0 heterocycles. The number of ether oxygens (including phenoxy) is 1. The Morgan fingerprint density at radius 3 is 1.71 bits per heavy atom. The van der Waals surface area contributed by atoms with Crippen LogP contribution >= 0.6 is 31.9 Å². The Morgan fingerprint density at radius 1 is 0.893 bits per heavy atom. The van der Waals surface area contributed by atoms with Gasteiger partial charge >= 0.3 is 6.15 Å². The first-order valence-corrected chi connectivity index (χ1v) is 10.2. The fourth-order valence-electron chi connectivity index (χ4n) is 2.55. The van der Waals surface area contributed by atoms with Gasteiger partial charge in [-0.15, -0.1) is 0 Å². The zero-order valence-corrected chi connectivity index (χ0v) is 20.0.